The van der Waals surface area contributed by atoms with Gasteiger partial charge >= 0.3 is 5.38 Å². The number of Topliss-reactive ketones (excluding diaryl/α,β-unsaturated/α-hetero) is 1. The number of carbonyl (C=O) groups excluding carboxylic acids is 1. The Balaban J connectivity index is 3.32. The summed E-state index contributed by atoms with van der Waals surface area (Å²) in [4.78, 5) is 10.7. The third kappa shape index (κ3) is 2.44. The van der Waals surface area contributed by atoms with E-state index in [4.69, 9.17) is 0 Å². The molecule has 0 heterocycles. The molecule has 82 valence electrons. The Morgan fingerprint density at radius 3 is 2.20 bits per heavy atom. The highest BCUT2D eigenvalue weighted by atomic mass is 35.5. The molecule has 0 aliphatic rings. The standard InChI is InChI=1S/C8H2ClF5O/c9-8(13,14)7(15)4-1-3(10)2-5(11)6(4)12/h1-2H. The molecule has 0 aromatic heterocycles. The summed E-state index contributed by atoms with van der Waals surface area (Å²) >= 11 is 4.30. The highest BCUT2D eigenvalue weighted by Gasteiger charge is 2.39. The topological polar surface area (TPSA) is 17.1 Å². The fraction of sp³-hybridized carbons (Fsp3) is 0.125. The minimum atomic E-state index is -4.40. The monoisotopic (exact) mass is 244 g/mol. The van der Waals surface area contributed by atoms with Crippen LogP contribution in [0.25, 0.3) is 0 Å². The molecule has 7 heteroatoms. The number of ketones is 1. The van der Waals surface area contributed by atoms with E-state index in [1.54, 1.807) is 0 Å². The van der Waals surface area contributed by atoms with Crippen molar-refractivity contribution >= 4 is 17.4 Å². The molecule has 15 heavy (non-hydrogen) atoms. The van der Waals surface area contributed by atoms with Gasteiger partial charge in [0.1, 0.15) is 5.82 Å². The lowest BCUT2D eigenvalue weighted by atomic mass is 10.1. The van der Waals surface area contributed by atoms with Gasteiger partial charge in [0, 0.05) is 6.07 Å². The van der Waals surface area contributed by atoms with Gasteiger partial charge in [0.2, 0.25) is 0 Å². The molecule has 0 N–H and O–H groups in total. The second-order valence-corrected chi connectivity index (χ2v) is 3.05. The molecule has 0 aliphatic carbocycles. The van der Waals surface area contributed by atoms with Crippen LogP contribution in [0.2, 0.25) is 0 Å². The van der Waals surface area contributed by atoms with Gasteiger partial charge in [0.25, 0.3) is 5.78 Å². The van der Waals surface area contributed by atoms with Gasteiger partial charge in [-0.25, -0.2) is 13.2 Å². The third-order valence-corrected chi connectivity index (χ3v) is 1.67. The molecule has 0 fully saturated rings. The van der Waals surface area contributed by atoms with Crippen molar-refractivity contribution in [3.63, 3.8) is 0 Å². The summed E-state index contributed by atoms with van der Waals surface area (Å²) in [7, 11) is 0. The molecule has 0 amide bonds. The van der Waals surface area contributed by atoms with Gasteiger partial charge < -0.3 is 0 Å². The number of benzene rings is 1. The summed E-state index contributed by atoms with van der Waals surface area (Å²) in [5.41, 5.74) is -1.42. The number of halogens is 6. The molecule has 0 atom stereocenters. The first-order valence-electron chi connectivity index (χ1n) is 3.49. The zero-order valence-corrected chi connectivity index (χ0v) is 7.59. The van der Waals surface area contributed by atoms with Crippen molar-refractivity contribution in [1.82, 2.24) is 0 Å². The van der Waals surface area contributed by atoms with Crippen molar-refractivity contribution in [1.29, 1.82) is 0 Å². The minimum absolute atomic E-state index is 0.123. The molecule has 0 saturated heterocycles. The molecule has 0 aliphatic heterocycles. The molecule has 1 aromatic rings. The van der Waals surface area contributed by atoms with Gasteiger partial charge in [-0.1, -0.05) is 0 Å². The van der Waals surface area contributed by atoms with E-state index < -0.39 is 34.2 Å². The molecular weight excluding hydrogens is 243 g/mol. The van der Waals surface area contributed by atoms with Crippen molar-refractivity contribution in [3.8, 4) is 0 Å². The van der Waals surface area contributed by atoms with Crippen LogP contribution in [0.15, 0.2) is 12.1 Å². The lowest BCUT2D eigenvalue weighted by Crippen LogP contribution is -2.23. The van der Waals surface area contributed by atoms with Crippen molar-refractivity contribution in [2.45, 2.75) is 5.38 Å². The van der Waals surface area contributed by atoms with Gasteiger partial charge in [-0.2, -0.15) is 8.78 Å². The lowest BCUT2D eigenvalue weighted by molar-refractivity contribution is 0.0530. The van der Waals surface area contributed by atoms with Crippen LogP contribution in [0, 0.1) is 17.5 Å². The van der Waals surface area contributed by atoms with Crippen molar-refractivity contribution in [2.75, 3.05) is 0 Å². The van der Waals surface area contributed by atoms with Crippen molar-refractivity contribution in [3.05, 3.63) is 35.1 Å². The summed E-state index contributed by atoms with van der Waals surface area (Å²) in [6.45, 7) is 0. The summed E-state index contributed by atoms with van der Waals surface area (Å²) in [6.07, 6.45) is 0. The molecule has 0 bridgehead atoms. The van der Waals surface area contributed by atoms with E-state index in [9.17, 15) is 26.7 Å². The highest BCUT2D eigenvalue weighted by Crippen LogP contribution is 2.27. The van der Waals surface area contributed by atoms with Crippen molar-refractivity contribution in [2.24, 2.45) is 0 Å². The Kier molecular flexibility index (Phi) is 2.99. The average Bonchev–Trinajstić information content (AvgIpc) is 2.08. The minimum Gasteiger partial charge on any atom is -0.286 e. The van der Waals surface area contributed by atoms with E-state index in [-0.39, 0.29) is 12.1 Å². The second-order valence-electron chi connectivity index (χ2n) is 2.58. The van der Waals surface area contributed by atoms with Gasteiger partial charge in [-0.15, -0.1) is 0 Å². The Morgan fingerprint density at radius 1 is 1.20 bits per heavy atom. The third-order valence-electron chi connectivity index (χ3n) is 1.50. The Hall–Kier alpha value is -1.17. The van der Waals surface area contributed by atoms with Gasteiger partial charge in [-0.05, 0) is 17.7 Å². The molecule has 1 nitrogen and oxygen atoms in total. The van der Waals surface area contributed by atoms with Crippen molar-refractivity contribution < 1.29 is 26.7 Å². The van der Waals surface area contributed by atoms with Crippen LogP contribution in [0.5, 0.6) is 0 Å². The molecule has 0 saturated carbocycles. The average molecular weight is 245 g/mol. The number of rotatable bonds is 2. The molecule has 0 unspecified atom stereocenters. The largest absolute Gasteiger partial charge is 0.385 e. The van der Waals surface area contributed by atoms with Gasteiger partial charge in [-0.3, -0.25) is 4.79 Å². The predicted octanol–water partition coefficient (Wildman–Crippen LogP) is 3.12. The van der Waals surface area contributed by atoms with Crippen LogP contribution in [-0.2, 0) is 0 Å². The molecular formula is C8H2ClF5O. The quantitative estimate of drug-likeness (QED) is 0.338. The maximum Gasteiger partial charge on any atom is 0.385 e. The van der Waals surface area contributed by atoms with Gasteiger partial charge in [0.05, 0.1) is 5.56 Å². The van der Waals surface area contributed by atoms with E-state index in [1.165, 1.54) is 0 Å². The number of carbonyl (C=O) groups is 1. The van der Waals surface area contributed by atoms with Crippen LogP contribution >= 0.6 is 11.6 Å². The molecule has 0 spiro atoms. The first-order valence-corrected chi connectivity index (χ1v) is 3.87. The molecule has 0 radical (unpaired) electrons. The van der Waals surface area contributed by atoms with E-state index in [2.05, 4.69) is 11.6 Å². The predicted molar refractivity (Wildman–Crippen MR) is 41.4 cm³/mol. The number of hydrogen-bond donors (Lipinski definition) is 0. The number of hydrogen-bond acceptors (Lipinski definition) is 1. The SMILES string of the molecule is O=C(c1cc(F)cc(F)c1F)C(F)(F)Cl. The van der Waals surface area contributed by atoms with E-state index in [1.807, 2.05) is 0 Å². The molecule has 1 rings (SSSR count). The summed E-state index contributed by atoms with van der Waals surface area (Å²) in [5.74, 6) is -7.14. The van der Waals surface area contributed by atoms with Crippen LogP contribution in [-0.4, -0.2) is 11.2 Å². The Morgan fingerprint density at radius 2 is 1.73 bits per heavy atom. The second kappa shape index (κ2) is 3.77. The van der Waals surface area contributed by atoms with Crippen LogP contribution < -0.4 is 0 Å². The maximum atomic E-state index is 12.8. The highest BCUT2D eigenvalue weighted by molar-refractivity contribution is 6.35. The first-order chi connectivity index (χ1) is 6.73. The smallest absolute Gasteiger partial charge is 0.286 e. The first kappa shape index (κ1) is 11.9. The van der Waals surface area contributed by atoms with Crippen LogP contribution in [0.1, 0.15) is 10.4 Å². The number of alkyl halides is 3. The maximum absolute atomic E-state index is 12.8. The fourth-order valence-electron chi connectivity index (χ4n) is 0.874. The van der Waals surface area contributed by atoms with Crippen LogP contribution in [0.4, 0.5) is 22.0 Å². The van der Waals surface area contributed by atoms with Gasteiger partial charge in [0.15, 0.2) is 11.6 Å². The Bertz CT molecular complexity index is 412. The summed E-state index contributed by atoms with van der Waals surface area (Å²) < 4.78 is 62.3. The summed E-state index contributed by atoms with van der Waals surface area (Å²) in [5, 5.41) is -4.40. The zero-order chi connectivity index (χ0) is 11.8. The lowest BCUT2D eigenvalue weighted by Gasteiger charge is -2.07. The normalized spacial score (nSPS) is 11.6. The van der Waals surface area contributed by atoms with Crippen LogP contribution in [0.3, 0.4) is 0 Å². The summed E-state index contributed by atoms with van der Waals surface area (Å²) in [6, 6.07) is 0.273. The van der Waals surface area contributed by atoms with E-state index in [0.717, 1.165) is 0 Å². The Labute approximate surface area is 85.5 Å². The molecule has 1 aromatic carbocycles. The van der Waals surface area contributed by atoms with E-state index >= 15 is 0 Å². The fourth-order valence-corrected chi connectivity index (χ4v) is 0.976. The zero-order valence-electron chi connectivity index (χ0n) is 6.83. The van der Waals surface area contributed by atoms with E-state index in [0.29, 0.717) is 0 Å².